The molecule has 1 amide bonds. The van der Waals surface area contributed by atoms with Crippen molar-refractivity contribution in [3.63, 3.8) is 0 Å². The number of halogens is 2. The summed E-state index contributed by atoms with van der Waals surface area (Å²) in [6.07, 6.45) is 4.90. The number of hydrogen-bond donors (Lipinski definition) is 1. The van der Waals surface area contributed by atoms with E-state index in [0.717, 1.165) is 30.8 Å². The van der Waals surface area contributed by atoms with Gasteiger partial charge in [-0.25, -0.2) is 14.6 Å². The van der Waals surface area contributed by atoms with E-state index < -0.39 is 11.7 Å². The molecule has 3 aromatic heterocycles. The molecule has 3 heterocycles. The average Bonchev–Trinajstić information content (AvgIpc) is 3.49. The third-order valence-corrected chi connectivity index (χ3v) is 5.83. The van der Waals surface area contributed by atoms with Gasteiger partial charge in [0.25, 0.3) is 0 Å². The van der Waals surface area contributed by atoms with Crippen LogP contribution in [0.15, 0.2) is 18.3 Å². The Labute approximate surface area is 188 Å². The van der Waals surface area contributed by atoms with Crippen molar-refractivity contribution in [1.82, 2.24) is 24.7 Å². The normalized spacial score (nSPS) is 20.5. The van der Waals surface area contributed by atoms with E-state index in [0.29, 0.717) is 24.2 Å². The van der Waals surface area contributed by atoms with Crippen LogP contribution in [-0.4, -0.2) is 50.0 Å². The number of fused-ring (bicyclic) bond motifs is 1. The summed E-state index contributed by atoms with van der Waals surface area (Å²) in [7, 11) is 1.63. The van der Waals surface area contributed by atoms with Crippen LogP contribution in [0.1, 0.15) is 57.0 Å². The van der Waals surface area contributed by atoms with Crippen LogP contribution in [0, 0.1) is 0 Å². The van der Waals surface area contributed by atoms with E-state index in [1.807, 2.05) is 0 Å². The van der Waals surface area contributed by atoms with Gasteiger partial charge in [-0.15, -0.1) is 0 Å². The minimum absolute atomic E-state index is 0.0591. The summed E-state index contributed by atoms with van der Waals surface area (Å²) in [6.45, 7) is 2.13. The summed E-state index contributed by atoms with van der Waals surface area (Å²) < 4.78 is 41.1. The topological polar surface area (TPSA) is 104 Å². The Morgan fingerprint density at radius 2 is 1.97 bits per heavy atom. The summed E-state index contributed by atoms with van der Waals surface area (Å²) in [4.78, 5) is 23.9. The van der Waals surface area contributed by atoms with E-state index in [1.165, 1.54) is 17.7 Å². The molecule has 11 heteroatoms. The summed E-state index contributed by atoms with van der Waals surface area (Å²) >= 11 is 0. The standard InChI is InChI=1S/C22H24F2N6O3/c1-11(31)26-17-8-16-15(10-25-17)20(12-4-5-12)29-30(16)18-9-19(28-21(27-18)22(2,23)24)33-14-6-13(7-14)32-3/h8-10,12-14H,4-7H2,1-3H3,(H,25,26,31). The van der Waals surface area contributed by atoms with E-state index in [2.05, 4.69) is 20.3 Å². The predicted octanol–water partition coefficient (Wildman–Crippen LogP) is 3.71. The summed E-state index contributed by atoms with van der Waals surface area (Å²) in [5.74, 6) is -3.34. The monoisotopic (exact) mass is 458 g/mol. The minimum atomic E-state index is -3.27. The molecule has 2 fully saturated rings. The second-order valence-electron chi connectivity index (χ2n) is 8.68. The van der Waals surface area contributed by atoms with Crippen LogP contribution in [-0.2, 0) is 15.5 Å². The van der Waals surface area contributed by atoms with E-state index in [4.69, 9.17) is 14.6 Å². The van der Waals surface area contributed by atoms with Crippen LogP contribution in [0.5, 0.6) is 5.88 Å². The Kier molecular flexibility index (Phi) is 5.23. The molecule has 0 spiro atoms. The summed E-state index contributed by atoms with van der Waals surface area (Å²) in [6, 6.07) is 3.17. The number of nitrogens with zero attached hydrogens (tertiary/aromatic N) is 5. The third-order valence-electron chi connectivity index (χ3n) is 5.83. The van der Waals surface area contributed by atoms with Crippen LogP contribution < -0.4 is 10.1 Å². The van der Waals surface area contributed by atoms with Crippen LogP contribution in [0.3, 0.4) is 0 Å². The van der Waals surface area contributed by atoms with Crippen molar-refractivity contribution >= 4 is 22.6 Å². The number of carbonyl (C=O) groups is 1. The van der Waals surface area contributed by atoms with Gasteiger partial charge in [0.15, 0.2) is 5.82 Å². The zero-order chi connectivity index (χ0) is 23.3. The van der Waals surface area contributed by atoms with Crippen molar-refractivity contribution in [3.05, 3.63) is 29.8 Å². The second-order valence-corrected chi connectivity index (χ2v) is 8.68. The molecule has 5 rings (SSSR count). The maximum Gasteiger partial charge on any atom is 0.304 e. The van der Waals surface area contributed by atoms with Crippen molar-refractivity contribution < 1.29 is 23.0 Å². The maximum atomic E-state index is 14.3. The first-order valence-corrected chi connectivity index (χ1v) is 10.8. The fourth-order valence-electron chi connectivity index (χ4n) is 3.87. The van der Waals surface area contributed by atoms with Gasteiger partial charge in [-0.05, 0) is 12.8 Å². The molecule has 0 saturated heterocycles. The molecular weight excluding hydrogens is 434 g/mol. The molecule has 0 unspecified atom stereocenters. The number of nitrogens with one attached hydrogen (secondary N) is 1. The highest BCUT2D eigenvalue weighted by molar-refractivity contribution is 5.91. The average molecular weight is 458 g/mol. The highest BCUT2D eigenvalue weighted by atomic mass is 19.3. The molecule has 0 atom stereocenters. The molecular formula is C22H24F2N6O3. The van der Waals surface area contributed by atoms with Gasteiger partial charge in [0.2, 0.25) is 17.6 Å². The molecule has 3 aromatic rings. The van der Waals surface area contributed by atoms with Crippen molar-refractivity contribution in [2.75, 3.05) is 12.4 Å². The first-order valence-electron chi connectivity index (χ1n) is 10.8. The van der Waals surface area contributed by atoms with Crippen molar-refractivity contribution in [1.29, 1.82) is 0 Å². The zero-order valence-corrected chi connectivity index (χ0v) is 18.5. The lowest BCUT2D eigenvalue weighted by Crippen LogP contribution is -2.39. The van der Waals surface area contributed by atoms with Crippen LogP contribution in [0.2, 0.25) is 0 Å². The number of aromatic nitrogens is 5. The maximum absolute atomic E-state index is 14.3. The lowest BCUT2D eigenvalue weighted by Gasteiger charge is -2.33. The van der Waals surface area contributed by atoms with E-state index >= 15 is 0 Å². The van der Waals surface area contributed by atoms with Gasteiger partial charge < -0.3 is 14.8 Å². The number of anilines is 1. The Morgan fingerprint density at radius 1 is 1.21 bits per heavy atom. The van der Waals surface area contributed by atoms with E-state index in [9.17, 15) is 13.6 Å². The molecule has 0 aromatic carbocycles. The van der Waals surface area contributed by atoms with Gasteiger partial charge in [-0.2, -0.15) is 18.9 Å². The van der Waals surface area contributed by atoms with Crippen LogP contribution >= 0.6 is 0 Å². The molecule has 0 radical (unpaired) electrons. The summed E-state index contributed by atoms with van der Waals surface area (Å²) in [5.41, 5.74) is 1.44. The fourth-order valence-corrected chi connectivity index (χ4v) is 3.87. The van der Waals surface area contributed by atoms with Gasteiger partial charge in [0, 0.05) is 63.4 Å². The highest BCUT2D eigenvalue weighted by Gasteiger charge is 2.35. The molecule has 2 saturated carbocycles. The lowest BCUT2D eigenvalue weighted by atomic mass is 9.92. The first-order chi connectivity index (χ1) is 15.7. The number of amides is 1. The Hall–Kier alpha value is -3.21. The second kappa shape index (κ2) is 7.98. The molecule has 9 nitrogen and oxygen atoms in total. The molecule has 1 N–H and O–H groups in total. The third kappa shape index (κ3) is 4.37. The molecule has 2 aliphatic carbocycles. The Balaban J connectivity index is 1.60. The van der Waals surface area contributed by atoms with Crippen LogP contribution in [0.4, 0.5) is 14.6 Å². The first kappa shape index (κ1) is 21.6. The van der Waals surface area contributed by atoms with Crippen molar-refractivity contribution in [2.24, 2.45) is 0 Å². The van der Waals surface area contributed by atoms with Crippen LogP contribution in [0.25, 0.3) is 16.7 Å². The predicted molar refractivity (Wildman–Crippen MR) is 115 cm³/mol. The number of pyridine rings is 1. The number of ether oxygens (including phenoxy) is 2. The van der Waals surface area contributed by atoms with Crippen molar-refractivity contribution in [2.45, 2.75) is 63.6 Å². The molecule has 2 aliphatic rings. The number of rotatable bonds is 7. The number of methoxy groups -OCH3 is 1. The fraction of sp³-hybridized carbons (Fsp3) is 0.500. The van der Waals surface area contributed by atoms with Gasteiger partial charge in [0.1, 0.15) is 11.9 Å². The molecule has 174 valence electrons. The molecule has 0 aliphatic heterocycles. The number of hydrogen-bond acceptors (Lipinski definition) is 7. The minimum Gasteiger partial charge on any atom is -0.474 e. The molecule has 0 bridgehead atoms. The van der Waals surface area contributed by atoms with Gasteiger partial charge in [0.05, 0.1) is 17.3 Å². The van der Waals surface area contributed by atoms with Crippen molar-refractivity contribution in [3.8, 4) is 11.7 Å². The molecule has 33 heavy (non-hydrogen) atoms. The lowest BCUT2D eigenvalue weighted by molar-refractivity contribution is -0.114. The largest absolute Gasteiger partial charge is 0.474 e. The SMILES string of the molecule is COC1CC(Oc2cc(-n3nc(C4CC4)c4cnc(NC(C)=O)cc43)nc(C(C)(F)F)n2)C1. The van der Waals surface area contributed by atoms with E-state index in [1.54, 1.807) is 19.4 Å². The Morgan fingerprint density at radius 3 is 2.61 bits per heavy atom. The van der Waals surface area contributed by atoms with E-state index in [-0.39, 0.29) is 35.7 Å². The van der Waals surface area contributed by atoms with Gasteiger partial charge >= 0.3 is 5.92 Å². The Bertz CT molecular complexity index is 1210. The number of carbonyl (C=O) groups excluding carboxylic acids is 1. The van der Waals surface area contributed by atoms with Gasteiger partial charge in [-0.3, -0.25) is 4.79 Å². The summed E-state index contributed by atoms with van der Waals surface area (Å²) in [5, 5.41) is 8.14. The van der Waals surface area contributed by atoms with Gasteiger partial charge in [-0.1, -0.05) is 0 Å². The smallest absolute Gasteiger partial charge is 0.304 e. The quantitative estimate of drug-likeness (QED) is 0.576. The highest BCUT2D eigenvalue weighted by Crippen LogP contribution is 2.43. The number of alkyl halides is 2. The zero-order valence-electron chi connectivity index (χ0n) is 18.5.